The molecule has 1 saturated heterocycles. The summed E-state index contributed by atoms with van der Waals surface area (Å²) in [5, 5.41) is 9.06. The van der Waals surface area contributed by atoms with Crippen LogP contribution in [0.3, 0.4) is 0 Å². The Kier molecular flexibility index (Phi) is 4.24. The Morgan fingerprint density at radius 3 is 2.29 bits per heavy atom. The number of halogens is 3. The number of carboxylic acid groups (broad SMARTS) is 1. The molecule has 9 heteroatoms. The van der Waals surface area contributed by atoms with Gasteiger partial charge in [-0.2, -0.15) is 4.31 Å². The van der Waals surface area contributed by atoms with E-state index in [9.17, 15) is 26.4 Å². The summed E-state index contributed by atoms with van der Waals surface area (Å²) in [5.41, 5.74) is 0. The number of sulfonamides is 1. The van der Waals surface area contributed by atoms with Gasteiger partial charge in [0.15, 0.2) is 17.5 Å². The number of aliphatic carboxylic acids is 1. The summed E-state index contributed by atoms with van der Waals surface area (Å²) in [7, 11) is -4.41. The van der Waals surface area contributed by atoms with Gasteiger partial charge in [-0.25, -0.2) is 21.6 Å². The lowest BCUT2D eigenvalue weighted by molar-refractivity contribution is -0.142. The summed E-state index contributed by atoms with van der Waals surface area (Å²) in [4.78, 5) is 10.3. The monoisotopic (exact) mass is 323 g/mol. The Balaban J connectivity index is 2.48. The molecular weight excluding hydrogens is 311 g/mol. The molecule has 0 aliphatic carbocycles. The van der Waals surface area contributed by atoms with Crippen molar-refractivity contribution < 1.29 is 31.5 Å². The Hall–Kier alpha value is -1.61. The average Bonchev–Trinajstić information content (AvgIpc) is 2.44. The van der Waals surface area contributed by atoms with Crippen LogP contribution in [-0.4, -0.2) is 36.4 Å². The van der Waals surface area contributed by atoms with Gasteiger partial charge in [-0.15, -0.1) is 0 Å². The Labute approximate surface area is 119 Å². The predicted octanol–water partition coefficient (Wildman–Crippen LogP) is 1.73. The molecule has 1 N–H and O–H groups in total. The minimum absolute atomic E-state index is 0.0695. The summed E-state index contributed by atoms with van der Waals surface area (Å²) in [6.45, 7) is -0.0695. The van der Waals surface area contributed by atoms with Gasteiger partial charge in [0.2, 0.25) is 10.0 Å². The molecule has 1 aromatic rings. The van der Waals surface area contributed by atoms with Crippen molar-refractivity contribution in [1.29, 1.82) is 0 Å². The minimum atomic E-state index is -4.41. The van der Waals surface area contributed by atoms with Gasteiger partial charge in [0.25, 0.3) is 0 Å². The summed E-state index contributed by atoms with van der Waals surface area (Å²) in [6, 6.07) is -0.595. The highest BCUT2D eigenvalue weighted by molar-refractivity contribution is 7.89. The highest BCUT2D eigenvalue weighted by Crippen LogP contribution is 2.27. The molecule has 5 nitrogen and oxygen atoms in total. The van der Waals surface area contributed by atoms with Crippen molar-refractivity contribution in [2.75, 3.05) is 6.54 Å². The molecule has 0 amide bonds. The largest absolute Gasteiger partial charge is 0.480 e. The Bertz CT molecular complexity index is 654. The van der Waals surface area contributed by atoms with E-state index in [4.69, 9.17) is 5.11 Å². The van der Waals surface area contributed by atoms with Crippen LogP contribution < -0.4 is 0 Å². The van der Waals surface area contributed by atoms with E-state index >= 15 is 0 Å². The molecule has 0 saturated carbocycles. The van der Waals surface area contributed by atoms with Crippen LogP contribution in [0.4, 0.5) is 13.2 Å². The third-order valence-electron chi connectivity index (χ3n) is 3.30. The molecule has 1 atom stereocenters. The van der Waals surface area contributed by atoms with Crippen molar-refractivity contribution in [3.05, 3.63) is 29.6 Å². The molecule has 21 heavy (non-hydrogen) atoms. The quantitative estimate of drug-likeness (QED) is 0.860. The van der Waals surface area contributed by atoms with Crippen LogP contribution in [0.25, 0.3) is 0 Å². The van der Waals surface area contributed by atoms with E-state index in [1.807, 2.05) is 0 Å². The third-order valence-corrected chi connectivity index (χ3v) is 5.19. The van der Waals surface area contributed by atoms with Crippen molar-refractivity contribution in [2.45, 2.75) is 30.2 Å². The van der Waals surface area contributed by atoms with Crippen LogP contribution in [0.1, 0.15) is 19.3 Å². The van der Waals surface area contributed by atoms with Crippen molar-refractivity contribution in [1.82, 2.24) is 4.31 Å². The highest BCUT2D eigenvalue weighted by Gasteiger charge is 2.38. The number of hydrogen-bond donors (Lipinski definition) is 1. The number of benzene rings is 1. The molecule has 1 heterocycles. The van der Waals surface area contributed by atoms with Gasteiger partial charge < -0.3 is 5.11 Å². The van der Waals surface area contributed by atoms with Crippen molar-refractivity contribution in [3.8, 4) is 0 Å². The fourth-order valence-corrected chi connectivity index (χ4v) is 3.93. The summed E-state index contributed by atoms with van der Waals surface area (Å²) in [6.07, 6.45) is 1.09. The second kappa shape index (κ2) is 5.64. The molecule has 116 valence electrons. The van der Waals surface area contributed by atoms with Crippen LogP contribution in [-0.2, 0) is 14.8 Å². The molecule has 1 fully saturated rings. The van der Waals surface area contributed by atoms with Crippen LogP contribution >= 0.6 is 0 Å². The first-order valence-electron chi connectivity index (χ1n) is 6.14. The van der Waals surface area contributed by atoms with Crippen LogP contribution in [0.2, 0.25) is 0 Å². The maximum absolute atomic E-state index is 13.2. The maximum Gasteiger partial charge on any atom is 0.322 e. The van der Waals surface area contributed by atoms with E-state index in [2.05, 4.69) is 0 Å². The van der Waals surface area contributed by atoms with Crippen LogP contribution in [0.15, 0.2) is 17.0 Å². The van der Waals surface area contributed by atoms with Gasteiger partial charge in [-0.1, -0.05) is 0 Å². The lowest BCUT2D eigenvalue weighted by Gasteiger charge is -2.31. The van der Waals surface area contributed by atoms with Crippen molar-refractivity contribution in [3.63, 3.8) is 0 Å². The van der Waals surface area contributed by atoms with Crippen LogP contribution in [0.5, 0.6) is 0 Å². The number of carbonyl (C=O) groups is 1. The zero-order valence-electron chi connectivity index (χ0n) is 10.7. The van der Waals surface area contributed by atoms with Gasteiger partial charge in [0, 0.05) is 6.54 Å². The predicted molar refractivity (Wildman–Crippen MR) is 65.5 cm³/mol. The van der Waals surface area contributed by atoms with Crippen molar-refractivity contribution in [2.24, 2.45) is 0 Å². The second-order valence-corrected chi connectivity index (χ2v) is 6.56. The molecule has 0 bridgehead atoms. The van der Waals surface area contributed by atoms with E-state index in [0.29, 0.717) is 29.3 Å². The van der Waals surface area contributed by atoms with Gasteiger partial charge in [0.05, 0.1) is 4.90 Å². The first kappa shape index (κ1) is 15.8. The zero-order valence-corrected chi connectivity index (χ0v) is 11.5. The van der Waals surface area contributed by atoms with Crippen molar-refractivity contribution >= 4 is 16.0 Å². The summed E-state index contributed by atoms with van der Waals surface area (Å²) < 4.78 is 64.6. The molecular formula is C12H12F3NO4S. The topological polar surface area (TPSA) is 74.7 Å². The molecule has 0 aromatic heterocycles. The first-order chi connectivity index (χ1) is 9.75. The number of hydrogen-bond acceptors (Lipinski definition) is 3. The number of carboxylic acids is 1. The minimum Gasteiger partial charge on any atom is -0.480 e. The fourth-order valence-electron chi connectivity index (χ4n) is 2.26. The number of rotatable bonds is 3. The number of piperidine rings is 1. The third kappa shape index (κ3) is 2.88. The number of nitrogens with zero attached hydrogens (tertiary/aromatic N) is 1. The fraction of sp³-hybridized carbons (Fsp3) is 0.417. The molecule has 1 aromatic carbocycles. The lowest BCUT2D eigenvalue weighted by atomic mass is 10.1. The average molecular weight is 323 g/mol. The van der Waals surface area contributed by atoms with E-state index in [-0.39, 0.29) is 13.0 Å². The standard InChI is InChI=1S/C12H12F3NO4S/c13-8-5-7(6-9(14)11(8)15)21(19,20)16-4-2-1-3-10(16)12(17)18/h5-6,10H,1-4H2,(H,17,18). The summed E-state index contributed by atoms with van der Waals surface area (Å²) in [5.74, 6) is -6.39. The van der Waals surface area contributed by atoms with E-state index in [0.717, 1.165) is 0 Å². The molecule has 0 radical (unpaired) electrons. The highest BCUT2D eigenvalue weighted by atomic mass is 32.2. The van der Waals surface area contributed by atoms with E-state index in [1.165, 1.54) is 0 Å². The lowest BCUT2D eigenvalue weighted by Crippen LogP contribution is -2.47. The normalized spacial score (nSPS) is 20.4. The van der Waals surface area contributed by atoms with Gasteiger partial charge >= 0.3 is 5.97 Å². The van der Waals surface area contributed by atoms with Gasteiger partial charge in [0.1, 0.15) is 6.04 Å². The Morgan fingerprint density at radius 1 is 1.19 bits per heavy atom. The van der Waals surface area contributed by atoms with Crippen LogP contribution in [0, 0.1) is 17.5 Å². The molecule has 1 aliphatic heterocycles. The molecule has 0 spiro atoms. The molecule has 1 unspecified atom stereocenters. The molecule has 1 aliphatic rings. The van der Waals surface area contributed by atoms with E-state index in [1.54, 1.807) is 0 Å². The first-order valence-corrected chi connectivity index (χ1v) is 7.58. The van der Waals surface area contributed by atoms with Gasteiger partial charge in [-0.3, -0.25) is 4.79 Å². The smallest absolute Gasteiger partial charge is 0.322 e. The van der Waals surface area contributed by atoms with Gasteiger partial charge in [-0.05, 0) is 31.4 Å². The summed E-state index contributed by atoms with van der Waals surface area (Å²) >= 11 is 0. The molecule has 2 rings (SSSR count). The zero-order chi connectivity index (χ0) is 15.8. The SMILES string of the molecule is O=C(O)C1CCCCN1S(=O)(=O)c1cc(F)c(F)c(F)c1. The second-order valence-electron chi connectivity index (χ2n) is 4.67. The Morgan fingerprint density at radius 2 is 1.76 bits per heavy atom. The van der Waals surface area contributed by atoms with E-state index < -0.39 is 44.4 Å². The maximum atomic E-state index is 13.2.